The highest BCUT2D eigenvalue weighted by Gasteiger charge is 2.30. The van der Waals surface area contributed by atoms with Gasteiger partial charge in [-0.2, -0.15) is 0 Å². The van der Waals surface area contributed by atoms with Crippen molar-refractivity contribution in [2.24, 2.45) is 10.9 Å². The summed E-state index contributed by atoms with van der Waals surface area (Å²) in [6.45, 7) is -0.376. The van der Waals surface area contributed by atoms with Crippen molar-refractivity contribution < 1.29 is 29.6 Å². The Morgan fingerprint density at radius 2 is 2.23 bits per heavy atom. The van der Waals surface area contributed by atoms with Crippen molar-refractivity contribution >= 4 is 40.6 Å². The van der Waals surface area contributed by atoms with E-state index in [1.54, 1.807) is 22.6 Å². The maximum Gasteiger partial charge on any atom is 0.322 e. The Morgan fingerprint density at radius 3 is 2.82 bits per heavy atom. The highest BCUT2D eigenvalue weighted by Crippen LogP contribution is 2.20. The summed E-state index contributed by atoms with van der Waals surface area (Å²) in [6.07, 6.45) is 0.870. The van der Waals surface area contributed by atoms with Gasteiger partial charge in [-0.3, -0.25) is 14.6 Å². The largest absolute Gasteiger partial charge is 0.465 e. The molecule has 120 valence electrons. The second kappa shape index (κ2) is 8.89. The Hall–Kier alpha value is -1.42. The van der Waals surface area contributed by atoms with E-state index in [1.165, 1.54) is 6.92 Å². The molecule has 2 unspecified atom stereocenters. The molecule has 1 aromatic carbocycles. The van der Waals surface area contributed by atoms with Gasteiger partial charge in [-0.25, -0.2) is 8.78 Å². The van der Waals surface area contributed by atoms with Crippen LogP contribution in [0, 0.1) is 21.1 Å². The van der Waals surface area contributed by atoms with Crippen molar-refractivity contribution in [2.45, 2.75) is 6.92 Å². The molecule has 1 rings (SSSR count). The molecule has 0 aromatic heterocycles. The SMILES string of the molecule is [3H]C(O)CN=CC(C(=O)OCC)C(=O)c1cc(I)cc(F)c1F. The Bertz CT molecular complexity index is 625. The fraction of sp³-hybridized carbons (Fsp3) is 0.357. The number of hydrogen-bond donors (Lipinski definition) is 1. The fourth-order valence-corrected chi connectivity index (χ4v) is 2.17. The van der Waals surface area contributed by atoms with Crippen LogP contribution >= 0.6 is 22.6 Å². The van der Waals surface area contributed by atoms with Crippen LogP contribution in [0.4, 0.5) is 8.78 Å². The molecule has 0 aliphatic rings. The molecular formula is C14H14F2INO4. The van der Waals surface area contributed by atoms with Crippen LogP contribution in [-0.2, 0) is 9.53 Å². The van der Waals surface area contributed by atoms with Gasteiger partial charge in [0, 0.05) is 9.78 Å². The van der Waals surface area contributed by atoms with E-state index in [2.05, 4.69) is 4.99 Å². The van der Waals surface area contributed by atoms with Gasteiger partial charge in [0.25, 0.3) is 0 Å². The summed E-state index contributed by atoms with van der Waals surface area (Å²) in [7, 11) is 0. The van der Waals surface area contributed by atoms with E-state index in [0.29, 0.717) is 0 Å². The number of nitrogens with zero attached hydrogens (tertiary/aromatic N) is 1. The van der Waals surface area contributed by atoms with E-state index in [1.807, 2.05) is 0 Å². The molecule has 0 saturated heterocycles. The molecule has 0 aliphatic heterocycles. The smallest absolute Gasteiger partial charge is 0.322 e. The second-order valence-electron chi connectivity index (χ2n) is 4.04. The number of rotatable bonds is 7. The number of esters is 1. The van der Waals surface area contributed by atoms with Gasteiger partial charge in [-0.05, 0) is 41.6 Å². The van der Waals surface area contributed by atoms with Crippen LogP contribution in [-0.4, -0.2) is 42.8 Å². The Balaban J connectivity index is 3.18. The van der Waals surface area contributed by atoms with E-state index in [9.17, 15) is 18.4 Å². The highest BCUT2D eigenvalue weighted by molar-refractivity contribution is 14.1. The molecule has 0 radical (unpaired) electrons. The van der Waals surface area contributed by atoms with Gasteiger partial charge in [0.2, 0.25) is 0 Å². The normalized spacial score (nSPS) is 14.5. The zero-order valence-corrected chi connectivity index (χ0v) is 13.7. The lowest BCUT2D eigenvalue weighted by Crippen LogP contribution is -2.29. The van der Waals surface area contributed by atoms with Crippen molar-refractivity contribution in [3.05, 3.63) is 32.9 Å². The summed E-state index contributed by atoms with van der Waals surface area (Å²) >= 11 is 1.71. The summed E-state index contributed by atoms with van der Waals surface area (Å²) in [5.74, 6) is -6.14. The molecule has 0 spiro atoms. The standard InChI is InChI=1S/C14H14F2INO4/c1-2-22-14(21)10(7-18-3-4-19)13(20)9-5-8(17)6-11(15)12(9)16/h5-7,10,19H,2-4H2,1H3/i4T. The second-order valence-corrected chi connectivity index (χ2v) is 5.29. The van der Waals surface area contributed by atoms with Crippen molar-refractivity contribution in [2.75, 3.05) is 19.7 Å². The highest BCUT2D eigenvalue weighted by atomic mass is 127. The summed E-state index contributed by atoms with van der Waals surface area (Å²) in [5, 5.41) is 8.82. The van der Waals surface area contributed by atoms with E-state index in [4.69, 9.17) is 11.2 Å². The molecule has 0 saturated carbocycles. The maximum absolute atomic E-state index is 13.8. The number of benzene rings is 1. The third-order valence-corrected chi connectivity index (χ3v) is 3.15. The third kappa shape index (κ3) is 4.80. The summed E-state index contributed by atoms with van der Waals surface area (Å²) < 4.78 is 39.2. The number of ketones is 1. The molecule has 22 heavy (non-hydrogen) atoms. The minimum atomic E-state index is -1.58. The summed E-state index contributed by atoms with van der Waals surface area (Å²) in [6, 6.07) is 2.03. The van der Waals surface area contributed by atoms with E-state index < -0.39 is 41.5 Å². The lowest BCUT2D eigenvalue weighted by Gasteiger charge is -2.11. The number of aliphatic imine (C=N–C) groups is 1. The van der Waals surface area contributed by atoms with E-state index >= 15 is 0 Å². The number of aliphatic hydroxyl groups excluding tert-OH is 1. The number of aliphatic hydroxyl groups is 1. The molecule has 0 bridgehead atoms. The first-order chi connectivity index (χ1) is 10.8. The minimum absolute atomic E-state index is 0.0132. The Labute approximate surface area is 140 Å². The van der Waals surface area contributed by atoms with Crippen LogP contribution in [0.1, 0.15) is 18.7 Å². The number of ether oxygens (including phenoxy) is 1. The Kier molecular flexibility index (Phi) is 6.84. The number of halogens is 3. The number of carbonyl (C=O) groups excluding carboxylic acids is 2. The average molecular weight is 427 g/mol. The molecule has 1 aromatic rings. The van der Waals surface area contributed by atoms with Gasteiger partial charge in [0.05, 0.1) is 26.7 Å². The fourth-order valence-electron chi connectivity index (χ4n) is 1.58. The van der Waals surface area contributed by atoms with Crippen LogP contribution < -0.4 is 0 Å². The maximum atomic E-state index is 13.8. The molecule has 0 fully saturated rings. The molecule has 8 heteroatoms. The van der Waals surface area contributed by atoms with Crippen molar-refractivity contribution in [1.29, 1.82) is 0 Å². The number of carbonyl (C=O) groups is 2. The molecule has 5 nitrogen and oxygen atoms in total. The van der Waals surface area contributed by atoms with Crippen LogP contribution in [0.3, 0.4) is 0 Å². The number of hydrogen-bond acceptors (Lipinski definition) is 5. The zero-order valence-electron chi connectivity index (χ0n) is 12.6. The van der Waals surface area contributed by atoms with Crippen LogP contribution in [0.5, 0.6) is 0 Å². The molecule has 1 N–H and O–H groups in total. The first-order valence-corrected chi connectivity index (χ1v) is 7.31. The van der Waals surface area contributed by atoms with Crippen LogP contribution in [0.2, 0.25) is 0 Å². The molecule has 0 aliphatic carbocycles. The topological polar surface area (TPSA) is 76.0 Å². The molecule has 2 atom stereocenters. The first kappa shape index (κ1) is 16.9. The molecule has 0 amide bonds. The zero-order chi connectivity index (χ0) is 17.6. The van der Waals surface area contributed by atoms with Gasteiger partial charge < -0.3 is 9.84 Å². The van der Waals surface area contributed by atoms with E-state index in [-0.39, 0.29) is 16.7 Å². The van der Waals surface area contributed by atoms with Crippen molar-refractivity contribution in [1.82, 2.24) is 0 Å². The number of Topliss-reactive ketones (excluding diaryl/α,β-unsaturated/α-hetero) is 1. The van der Waals surface area contributed by atoms with Gasteiger partial charge >= 0.3 is 5.97 Å². The van der Waals surface area contributed by atoms with Gasteiger partial charge in [0.15, 0.2) is 23.3 Å². The Morgan fingerprint density at radius 1 is 1.55 bits per heavy atom. The predicted molar refractivity (Wildman–Crippen MR) is 84.0 cm³/mol. The van der Waals surface area contributed by atoms with Gasteiger partial charge in [-0.15, -0.1) is 0 Å². The minimum Gasteiger partial charge on any atom is -0.465 e. The first-order valence-electron chi connectivity index (χ1n) is 6.81. The average Bonchev–Trinajstić information content (AvgIpc) is 2.46. The summed E-state index contributed by atoms with van der Waals surface area (Å²) in [4.78, 5) is 27.8. The van der Waals surface area contributed by atoms with Crippen molar-refractivity contribution in [3.63, 3.8) is 0 Å². The quantitative estimate of drug-likeness (QED) is 0.180. The van der Waals surface area contributed by atoms with Crippen molar-refractivity contribution in [3.8, 4) is 0 Å². The summed E-state index contributed by atoms with van der Waals surface area (Å²) in [5.41, 5.74) is -0.592. The van der Waals surface area contributed by atoms with Gasteiger partial charge in [-0.1, -0.05) is 0 Å². The lowest BCUT2D eigenvalue weighted by molar-refractivity contribution is -0.143. The van der Waals surface area contributed by atoms with Crippen LogP contribution in [0.15, 0.2) is 17.1 Å². The lowest BCUT2D eigenvalue weighted by atomic mass is 9.98. The third-order valence-electron chi connectivity index (χ3n) is 2.52. The van der Waals surface area contributed by atoms with Crippen LogP contribution in [0.25, 0.3) is 0 Å². The van der Waals surface area contributed by atoms with Gasteiger partial charge in [0.1, 0.15) is 0 Å². The molecule has 0 heterocycles. The van der Waals surface area contributed by atoms with E-state index in [0.717, 1.165) is 18.3 Å². The molecular weight excluding hydrogens is 411 g/mol. The monoisotopic (exact) mass is 427 g/mol. The predicted octanol–water partition coefficient (Wildman–Crippen LogP) is 1.99.